The van der Waals surface area contributed by atoms with E-state index in [1.807, 2.05) is 0 Å². The number of hydrogen-bond donors (Lipinski definition) is 0. The molecule has 0 aliphatic heterocycles. The molecule has 0 atom stereocenters. The van der Waals surface area contributed by atoms with Crippen LogP contribution in [0.2, 0.25) is 42.8 Å². The highest BCUT2D eigenvalue weighted by Gasteiger charge is 2.47. The van der Waals surface area contributed by atoms with E-state index >= 15 is 0 Å². The zero-order valence-corrected chi connectivity index (χ0v) is 18.0. The summed E-state index contributed by atoms with van der Waals surface area (Å²) in [5, 5.41) is 0. The van der Waals surface area contributed by atoms with Gasteiger partial charge in [0.05, 0.1) is 0 Å². The minimum Gasteiger partial charge on any atom is -0.416 e. The molecule has 0 aromatic carbocycles. The Morgan fingerprint density at radius 1 is 0.600 bits per heavy atom. The highest BCUT2D eigenvalue weighted by Crippen LogP contribution is 2.32. The van der Waals surface area contributed by atoms with Crippen molar-refractivity contribution in [1.82, 2.24) is 0 Å². The molecule has 0 saturated carbocycles. The minimum atomic E-state index is -2.50. The van der Waals surface area contributed by atoms with E-state index in [4.69, 9.17) is 12.7 Å². The largest absolute Gasteiger partial charge is 0.476 e. The summed E-state index contributed by atoms with van der Waals surface area (Å²) in [5.41, 5.74) is 0. The van der Waals surface area contributed by atoms with Crippen LogP contribution in [0.5, 0.6) is 0 Å². The van der Waals surface area contributed by atoms with E-state index in [2.05, 4.69) is 48.1 Å². The molecule has 0 aromatic rings. The monoisotopic (exact) mass is 336 g/mol. The van der Waals surface area contributed by atoms with Crippen molar-refractivity contribution in [2.75, 3.05) is 7.11 Å². The standard InChI is InChI=1S/C14H36O3Si3/c1-9-19(10-2,11-3)16-18(8,15-7)17-20(12-4,13-5)14-6/h9-14H2,1-8H3. The van der Waals surface area contributed by atoms with Gasteiger partial charge in [0.15, 0.2) is 16.6 Å². The van der Waals surface area contributed by atoms with Gasteiger partial charge in [0.2, 0.25) is 0 Å². The van der Waals surface area contributed by atoms with E-state index in [1.165, 1.54) is 0 Å². The second-order valence-electron chi connectivity index (χ2n) is 5.76. The number of hydrogen-bond acceptors (Lipinski definition) is 3. The third kappa shape index (κ3) is 5.07. The second kappa shape index (κ2) is 8.85. The van der Waals surface area contributed by atoms with E-state index in [1.54, 1.807) is 7.11 Å². The molecule has 0 aliphatic carbocycles. The van der Waals surface area contributed by atoms with E-state index in [0.717, 1.165) is 36.3 Å². The summed E-state index contributed by atoms with van der Waals surface area (Å²) in [6.07, 6.45) is 0. The van der Waals surface area contributed by atoms with Crippen LogP contribution in [0.15, 0.2) is 0 Å². The summed E-state index contributed by atoms with van der Waals surface area (Å²) in [4.78, 5) is 0. The average Bonchev–Trinajstić information content (AvgIpc) is 2.51. The fourth-order valence-electron chi connectivity index (χ4n) is 2.82. The van der Waals surface area contributed by atoms with Gasteiger partial charge in [0, 0.05) is 13.7 Å². The van der Waals surface area contributed by atoms with Gasteiger partial charge in [0.25, 0.3) is 0 Å². The van der Waals surface area contributed by atoms with Crippen molar-refractivity contribution in [3.8, 4) is 0 Å². The van der Waals surface area contributed by atoms with Gasteiger partial charge >= 0.3 is 8.80 Å². The molecule has 0 spiro atoms. The van der Waals surface area contributed by atoms with Gasteiger partial charge in [-0.3, -0.25) is 0 Å². The zero-order valence-electron chi connectivity index (χ0n) is 15.0. The molecule has 0 N–H and O–H groups in total. The Hall–Kier alpha value is 0.531. The van der Waals surface area contributed by atoms with Gasteiger partial charge in [-0.25, -0.2) is 0 Å². The van der Waals surface area contributed by atoms with Crippen LogP contribution >= 0.6 is 0 Å². The summed E-state index contributed by atoms with van der Waals surface area (Å²) < 4.78 is 19.1. The van der Waals surface area contributed by atoms with Crippen LogP contribution in [0.25, 0.3) is 0 Å². The summed E-state index contributed by atoms with van der Waals surface area (Å²) in [6.45, 7) is 15.7. The zero-order chi connectivity index (χ0) is 15.9. The molecule has 0 fully saturated rings. The van der Waals surface area contributed by atoms with Crippen LogP contribution in [-0.4, -0.2) is 32.5 Å². The Labute approximate surface area is 130 Å². The molecule has 0 aliphatic rings. The molecule has 0 unspecified atom stereocenters. The van der Waals surface area contributed by atoms with Crippen molar-refractivity contribution in [2.45, 2.75) is 84.4 Å². The molecule has 0 radical (unpaired) electrons. The van der Waals surface area contributed by atoms with Crippen LogP contribution in [0.3, 0.4) is 0 Å². The lowest BCUT2D eigenvalue weighted by Crippen LogP contribution is -2.58. The molecule has 0 saturated heterocycles. The fourth-order valence-corrected chi connectivity index (χ4v) is 16.8. The Morgan fingerprint density at radius 2 is 0.850 bits per heavy atom. The first-order valence-electron chi connectivity index (χ1n) is 8.29. The molecule has 6 heteroatoms. The third-order valence-electron chi connectivity index (χ3n) is 5.04. The van der Waals surface area contributed by atoms with E-state index in [9.17, 15) is 0 Å². The predicted octanol–water partition coefficient (Wildman–Crippen LogP) is 5.25. The van der Waals surface area contributed by atoms with Crippen molar-refractivity contribution in [3.63, 3.8) is 0 Å². The van der Waals surface area contributed by atoms with Gasteiger partial charge in [-0.2, -0.15) is 0 Å². The highest BCUT2D eigenvalue weighted by atomic mass is 28.5. The molecule has 0 amide bonds. The highest BCUT2D eigenvalue weighted by molar-refractivity contribution is 6.87. The van der Waals surface area contributed by atoms with Crippen LogP contribution in [0.4, 0.5) is 0 Å². The lowest BCUT2D eigenvalue weighted by atomic mass is 10.9. The van der Waals surface area contributed by atoms with Gasteiger partial charge in [-0.05, 0) is 36.3 Å². The number of rotatable bonds is 11. The quantitative estimate of drug-likeness (QED) is 0.483. The predicted molar refractivity (Wildman–Crippen MR) is 95.2 cm³/mol. The van der Waals surface area contributed by atoms with Crippen molar-refractivity contribution in [1.29, 1.82) is 0 Å². The van der Waals surface area contributed by atoms with Crippen LogP contribution < -0.4 is 0 Å². The molecule has 20 heavy (non-hydrogen) atoms. The maximum Gasteiger partial charge on any atom is 0.476 e. The maximum atomic E-state index is 6.65. The molecule has 0 bridgehead atoms. The van der Waals surface area contributed by atoms with Gasteiger partial charge in [-0.15, -0.1) is 0 Å². The molecule has 122 valence electrons. The Balaban J connectivity index is 5.19. The van der Waals surface area contributed by atoms with Crippen molar-refractivity contribution >= 4 is 25.4 Å². The molecule has 3 nitrogen and oxygen atoms in total. The van der Waals surface area contributed by atoms with Crippen LogP contribution in [0.1, 0.15) is 41.5 Å². The van der Waals surface area contributed by atoms with Gasteiger partial charge in [-0.1, -0.05) is 41.5 Å². The van der Waals surface area contributed by atoms with Crippen molar-refractivity contribution < 1.29 is 12.7 Å². The first kappa shape index (κ1) is 20.5. The molecule has 0 rings (SSSR count). The van der Waals surface area contributed by atoms with Crippen molar-refractivity contribution in [2.24, 2.45) is 0 Å². The molecule has 0 heterocycles. The van der Waals surface area contributed by atoms with Crippen molar-refractivity contribution in [3.05, 3.63) is 0 Å². The lowest BCUT2D eigenvalue weighted by molar-refractivity contribution is 0.202. The smallest absolute Gasteiger partial charge is 0.416 e. The third-order valence-corrected chi connectivity index (χ3v) is 19.9. The van der Waals surface area contributed by atoms with Gasteiger partial charge < -0.3 is 12.7 Å². The topological polar surface area (TPSA) is 27.7 Å². The molecule has 0 aromatic heterocycles. The molecular formula is C14H36O3Si3. The minimum absolute atomic E-state index is 1.15. The Morgan fingerprint density at radius 3 is 1.00 bits per heavy atom. The second-order valence-corrected chi connectivity index (χ2v) is 18.5. The Kier molecular flexibility index (Phi) is 9.08. The lowest BCUT2D eigenvalue weighted by Gasteiger charge is -2.42. The summed E-state index contributed by atoms with van der Waals surface area (Å²) in [5.74, 6) is 0. The Bertz CT molecular complexity index is 228. The summed E-state index contributed by atoms with van der Waals surface area (Å²) in [6, 6.07) is 6.88. The van der Waals surface area contributed by atoms with Gasteiger partial charge in [0.1, 0.15) is 0 Å². The summed E-state index contributed by atoms with van der Waals surface area (Å²) >= 11 is 0. The first-order chi connectivity index (χ1) is 9.34. The van der Waals surface area contributed by atoms with E-state index in [-0.39, 0.29) is 0 Å². The maximum absolute atomic E-state index is 6.65. The summed E-state index contributed by atoms with van der Waals surface area (Å²) in [7, 11) is -4.08. The van der Waals surface area contributed by atoms with E-state index in [0.29, 0.717) is 0 Å². The molecular weight excluding hydrogens is 300 g/mol. The first-order valence-corrected chi connectivity index (χ1v) is 15.6. The normalized spacial score (nSPS) is 13.8. The van der Waals surface area contributed by atoms with E-state index < -0.39 is 25.4 Å². The fraction of sp³-hybridized carbons (Fsp3) is 1.00. The van der Waals surface area contributed by atoms with Crippen LogP contribution in [-0.2, 0) is 12.7 Å². The SMILES string of the molecule is CC[Si](CC)(CC)O[Si](C)(OC)O[Si](CC)(CC)CC. The van der Waals surface area contributed by atoms with Crippen LogP contribution in [0, 0.1) is 0 Å². The average molecular weight is 337 g/mol.